The minimum atomic E-state index is -0.856. The van der Waals surface area contributed by atoms with E-state index in [0.717, 1.165) is 64.2 Å². The number of hydrogen-bond acceptors (Lipinski definition) is 6. The smallest absolute Gasteiger partial charge is 0.132 e. The second-order valence-corrected chi connectivity index (χ2v) is 11.8. The fraction of sp³-hybridized carbons (Fsp3) is 0.917. The summed E-state index contributed by atoms with van der Waals surface area (Å²) in [5, 5.41) is 12.0. The summed E-state index contributed by atoms with van der Waals surface area (Å²) in [6, 6.07) is 0. The predicted octanol–water partition coefficient (Wildman–Crippen LogP) is 3.77. The number of aliphatic hydroxyl groups is 1. The van der Waals surface area contributed by atoms with Gasteiger partial charge in [0.15, 0.2) is 0 Å². The molecule has 1 N–H and O–H groups in total. The predicted molar refractivity (Wildman–Crippen MR) is 106 cm³/mol. The van der Waals surface area contributed by atoms with E-state index in [-0.39, 0.29) is 22.2 Å². The summed E-state index contributed by atoms with van der Waals surface area (Å²) in [4.78, 5) is 22.1. The molecule has 1 spiro atoms. The van der Waals surface area contributed by atoms with Crippen LogP contribution in [0.5, 0.6) is 0 Å². The average molecular weight is 419 g/mol. The maximum Gasteiger partial charge on any atom is 0.132 e. The molecule has 8 atom stereocenters. The first-order chi connectivity index (χ1) is 14.3. The van der Waals surface area contributed by atoms with Gasteiger partial charge in [-0.1, -0.05) is 13.0 Å². The average Bonchev–Trinajstić information content (AvgIpc) is 3.04. The SMILES string of the molecule is C[C@]1([C@@]2(O)CC[C@H]3[C@@H]4CC[C@@]56CC7(CCOO7)CC[C@@]5(O6)C4=CC[C@@]32C)CCOO1. The van der Waals surface area contributed by atoms with Crippen LogP contribution in [0.4, 0.5) is 0 Å². The van der Waals surface area contributed by atoms with Crippen LogP contribution < -0.4 is 0 Å². The van der Waals surface area contributed by atoms with E-state index in [4.69, 9.17) is 24.3 Å². The summed E-state index contributed by atoms with van der Waals surface area (Å²) in [5.41, 5.74) is -0.365. The van der Waals surface area contributed by atoms with Crippen molar-refractivity contribution in [2.24, 2.45) is 17.3 Å². The van der Waals surface area contributed by atoms with Crippen molar-refractivity contribution >= 4 is 0 Å². The molecule has 0 aromatic heterocycles. The number of epoxide rings is 1. The van der Waals surface area contributed by atoms with Crippen LogP contribution in [0.15, 0.2) is 11.6 Å². The molecule has 6 nitrogen and oxygen atoms in total. The van der Waals surface area contributed by atoms with Gasteiger partial charge in [-0.2, -0.15) is 0 Å². The Morgan fingerprint density at radius 3 is 2.53 bits per heavy atom. The van der Waals surface area contributed by atoms with E-state index in [2.05, 4.69) is 13.0 Å². The molecule has 0 amide bonds. The van der Waals surface area contributed by atoms with Crippen LogP contribution in [0.1, 0.15) is 78.1 Å². The molecule has 0 aromatic rings. The zero-order valence-corrected chi connectivity index (χ0v) is 18.2. The Labute approximate surface area is 178 Å². The zero-order valence-electron chi connectivity index (χ0n) is 18.2. The number of rotatable bonds is 1. The standard InChI is InChI=1S/C24H34O6/c1-19-6-4-18-16(17(19)5-8-24(19,25)20(2)11-13-26-29-20)3-7-22-15-21(12-14-27-30-21)9-10-23(18,22)28-22/h4,16-17,25H,3,5-15H2,1-2H3/t16-,17-,19-,20+,21?,22+,23+,24+/m0/s1. The fourth-order valence-electron chi connectivity index (χ4n) is 9.04. The minimum Gasteiger partial charge on any atom is -0.386 e. The van der Waals surface area contributed by atoms with Crippen LogP contribution in [-0.2, 0) is 24.3 Å². The van der Waals surface area contributed by atoms with E-state index in [1.165, 1.54) is 0 Å². The van der Waals surface area contributed by atoms with Crippen molar-refractivity contribution in [2.45, 2.75) is 106 Å². The summed E-state index contributed by atoms with van der Waals surface area (Å²) < 4.78 is 6.71. The Kier molecular flexibility index (Phi) is 3.50. The monoisotopic (exact) mass is 418 g/mol. The van der Waals surface area contributed by atoms with Gasteiger partial charge in [-0.05, 0) is 69.3 Å². The molecule has 6 fully saturated rings. The number of fused-ring (bicyclic) bond motifs is 3. The lowest BCUT2D eigenvalue weighted by molar-refractivity contribution is -0.352. The summed E-state index contributed by atoms with van der Waals surface area (Å²) >= 11 is 0. The van der Waals surface area contributed by atoms with Crippen molar-refractivity contribution in [3.63, 3.8) is 0 Å². The van der Waals surface area contributed by atoms with Gasteiger partial charge in [-0.15, -0.1) is 0 Å². The highest BCUT2D eigenvalue weighted by molar-refractivity contribution is 5.44. The van der Waals surface area contributed by atoms with Gasteiger partial charge in [0, 0.05) is 24.7 Å². The van der Waals surface area contributed by atoms with Crippen molar-refractivity contribution in [3.05, 3.63) is 11.6 Å². The molecule has 1 unspecified atom stereocenters. The molecule has 7 aliphatic rings. The second-order valence-electron chi connectivity index (χ2n) is 11.8. The molecular formula is C24H34O6. The Morgan fingerprint density at radius 1 is 0.933 bits per heavy atom. The number of hydrogen-bond donors (Lipinski definition) is 1. The third-order valence-electron chi connectivity index (χ3n) is 10.8. The Balaban J connectivity index is 1.23. The summed E-state index contributed by atoms with van der Waals surface area (Å²) in [6.07, 6.45) is 12.2. The van der Waals surface area contributed by atoms with E-state index >= 15 is 0 Å². The second kappa shape index (κ2) is 5.52. The van der Waals surface area contributed by atoms with Gasteiger partial charge in [0.05, 0.1) is 13.2 Å². The van der Waals surface area contributed by atoms with Crippen molar-refractivity contribution in [3.8, 4) is 0 Å². The molecule has 0 bridgehead atoms. The van der Waals surface area contributed by atoms with Gasteiger partial charge in [0.2, 0.25) is 0 Å². The van der Waals surface area contributed by atoms with Crippen LogP contribution in [0, 0.1) is 17.3 Å². The normalized spacial score (nSPS) is 61.2. The third kappa shape index (κ3) is 1.95. The molecule has 3 heterocycles. The van der Waals surface area contributed by atoms with E-state index < -0.39 is 11.2 Å². The van der Waals surface area contributed by atoms with Crippen molar-refractivity contribution in [2.75, 3.05) is 13.2 Å². The maximum atomic E-state index is 12.0. The van der Waals surface area contributed by atoms with E-state index in [9.17, 15) is 5.11 Å². The van der Waals surface area contributed by atoms with E-state index in [1.54, 1.807) is 5.57 Å². The number of allylic oxidation sites excluding steroid dienone is 1. The van der Waals surface area contributed by atoms with Crippen LogP contribution in [-0.4, -0.2) is 46.3 Å². The molecule has 6 heteroatoms. The van der Waals surface area contributed by atoms with Gasteiger partial charge < -0.3 is 9.84 Å². The van der Waals surface area contributed by atoms with Gasteiger partial charge in [-0.25, -0.2) is 19.6 Å². The molecular weight excluding hydrogens is 384 g/mol. The van der Waals surface area contributed by atoms with Crippen molar-refractivity contribution in [1.82, 2.24) is 0 Å². The van der Waals surface area contributed by atoms with Gasteiger partial charge >= 0.3 is 0 Å². The highest BCUT2D eigenvalue weighted by Crippen LogP contribution is 2.75. The molecule has 3 saturated carbocycles. The molecule has 3 saturated heterocycles. The minimum absolute atomic E-state index is 0.0433. The molecule has 166 valence electrons. The largest absolute Gasteiger partial charge is 0.386 e. The fourth-order valence-corrected chi connectivity index (χ4v) is 9.04. The molecule has 0 radical (unpaired) electrons. The maximum absolute atomic E-state index is 12.0. The van der Waals surface area contributed by atoms with Gasteiger partial charge in [-0.3, -0.25) is 0 Å². The number of ether oxygens (including phenoxy) is 1. The summed E-state index contributed by atoms with van der Waals surface area (Å²) in [7, 11) is 0. The lowest BCUT2D eigenvalue weighted by Crippen LogP contribution is -2.62. The Bertz CT molecular complexity index is 813. The first kappa shape index (κ1) is 19.0. The van der Waals surface area contributed by atoms with Crippen LogP contribution in [0.25, 0.3) is 0 Å². The third-order valence-corrected chi connectivity index (χ3v) is 10.8. The van der Waals surface area contributed by atoms with Crippen molar-refractivity contribution < 1.29 is 29.4 Å². The highest BCUT2D eigenvalue weighted by atomic mass is 17.2. The molecule has 0 aromatic carbocycles. The Morgan fingerprint density at radius 2 is 1.77 bits per heavy atom. The quantitative estimate of drug-likeness (QED) is 0.397. The summed E-state index contributed by atoms with van der Waals surface area (Å²) in [5.74, 6) is 0.983. The van der Waals surface area contributed by atoms with Crippen LogP contribution >= 0.6 is 0 Å². The van der Waals surface area contributed by atoms with Crippen molar-refractivity contribution in [1.29, 1.82) is 0 Å². The van der Waals surface area contributed by atoms with Gasteiger partial charge in [0.1, 0.15) is 28.0 Å². The molecule has 4 aliphatic carbocycles. The molecule has 30 heavy (non-hydrogen) atoms. The lowest BCUT2D eigenvalue weighted by Gasteiger charge is -2.55. The highest BCUT2D eigenvalue weighted by Gasteiger charge is 2.80. The zero-order chi connectivity index (χ0) is 20.5. The topological polar surface area (TPSA) is 69.7 Å². The summed E-state index contributed by atoms with van der Waals surface area (Å²) in [6.45, 7) is 5.62. The van der Waals surface area contributed by atoms with Gasteiger partial charge in [0.25, 0.3) is 0 Å². The van der Waals surface area contributed by atoms with Crippen LogP contribution in [0.3, 0.4) is 0 Å². The lowest BCUT2D eigenvalue weighted by atomic mass is 9.51. The Hall–Kier alpha value is -0.500. The molecule has 7 rings (SSSR count). The van der Waals surface area contributed by atoms with E-state index in [0.29, 0.717) is 25.0 Å². The first-order valence-corrected chi connectivity index (χ1v) is 12.1. The first-order valence-electron chi connectivity index (χ1n) is 12.1. The van der Waals surface area contributed by atoms with E-state index in [1.807, 2.05) is 6.92 Å². The van der Waals surface area contributed by atoms with Crippen LogP contribution in [0.2, 0.25) is 0 Å². The molecule has 3 aliphatic heterocycles.